The van der Waals surface area contributed by atoms with Gasteiger partial charge >= 0.3 is 12.1 Å². The van der Waals surface area contributed by atoms with Crippen LogP contribution in [-0.4, -0.2) is 46.2 Å². The molecule has 1 saturated carbocycles. The van der Waals surface area contributed by atoms with Crippen molar-refractivity contribution in [1.29, 1.82) is 0 Å². The highest BCUT2D eigenvalue weighted by molar-refractivity contribution is 5.72. The minimum atomic E-state index is -4.49. The van der Waals surface area contributed by atoms with Crippen molar-refractivity contribution in [2.75, 3.05) is 6.61 Å². The summed E-state index contributed by atoms with van der Waals surface area (Å²) in [6.45, 7) is 1.61. The number of aryl methyl sites for hydroxylation is 1. The Morgan fingerprint density at radius 1 is 1.10 bits per heavy atom. The smallest absolute Gasteiger partial charge is 0.416 e. The second-order valence-corrected chi connectivity index (χ2v) is 9.74. The van der Waals surface area contributed by atoms with Gasteiger partial charge in [0.2, 0.25) is 0 Å². The van der Waals surface area contributed by atoms with E-state index in [-0.39, 0.29) is 37.1 Å². The molecule has 5 atom stereocenters. The number of carbonyl (C=O) groups is 1. The van der Waals surface area contributed by atoms with E-state index in [2.05, 4.69) is 0 Å². The zero-order valence-electron chi connectivity index (χ0n) is 21.8. The molecule has 0 spiro atoms. The molecule has 212 valence electrons. The number of aliphatic hydroxyl groups is 3. The van der Waals surface area contributed by atoms with Crippen molar-refractivity contribution in [3.63, 3.8) is 0 Å². The summed E-state index contributed by atoms with van der Waals surface area (Å²) in [5.41, 5.74) is 0.0496. The maximum atomic E-state index is 12.8. The van der Waals surface area contributed by atoms with E-state index in [1.165, 1.54) is 18.2 Å². The van der Waals surface area contributed by atoms with E-state index in [1.54, 1.807) is 12.1 Å². The topological polar surface area (TPSA) is 96.2 Å². The van der Waals surface area contributed by atoms with Crippen LogP contribution >= 0.6 is 0 Å². The largest absolute Gasteiger partial charge is 0.491 e. The van der Waals surface area contributed by atoms with Crippen molar-refractivity contribution in [2.24, 2.45) is 11.8 Å². The van der Waals surface area contributed by atoms with Crippen molar-refractivity contribution in [3.05, 3.63) is 84.0 Å². The molecule has 0 amide bonds. The molecular weight excluding hydrogens is 513 g/mol. The molecule has 0 saturated heterocycles. The zero-order chi connectivity index (χ0) is 28.4. The van der Waals surface area contributed by atoms with Crippen molar-refractivity contribution < 1.29 is 42.8 Å². The third kappa shape index (κ3) is 9.53. The number of unbranched alkanes of at least 4 members (excludes halogenated alkanes) is 1. The van der Waals surface area contributed by atoms with Crippen LogP contribution in [0.5, 0.6) is 11.5 Å². The first kappa shape index (κ1) is 30.4. The first-order valence-corrected chi connectivity index (χ1v) is 13.0. The average Bonchev–Trinajstić information content (AvgIpc) is 3.16. The Morgan fingerprint density at radius 2 is 1.87 bits per heavy atom. The van der Waals surface area contributed by atoms with Gasteiger partial charge in [0.1, 0.15) is 24.2 Å². The summed E-state index contributed by atoms with van der Waals surface area (Å²) in [6, 6.07) is 11.7. The van der Waals surface area contributed by atoms with Gasteiger partial charge in [-0.25, -0.2) is 0 Å². The van der Waals surface area contributed by atoms with Crippen LogP contribution in [0.4, 0.5) is 13.2 Å². The van der Waals surface area contributed by atoms with Crippen LogP contribution in [0.2, 0.25) is 0 Å². The molecule has 2 aromatic carbocycles. The van der Waals surface area contributed by atoms with E-state index in [0.717, 1.165) is 17.7 Å². The fourth-order valence-electron chi connectivity index (χ4n) is 4.54. The summed E-state index contributed by atoms with van der Waals surface area (Å²) in [6.07, 6.45) is 2.01. The van der Waals surface area contributed by atoms with E-state index in [0.29, 0.717) is 25.0 Å². The van der Waals surface area contributed by atoms with Gasteiger partial charge in [0.05, 0.1) is 17.8 Å². The number of hydrogen-bond acceptors (Lipinski definition) is 6. The zero-order valence-corrected chi connectivity index (χ0v) is 21.8. The van der Waals surface area contributed by atoms with Gasteiger partial charge in [0.25, 0.3) is 0 Å². The number of allylic oxidation sites excluding steroid dienone is 2. The van der Waals surface area contributed by atoms with E-state index < -0.39 is 36.0 Å². The number of hydrogen-bond donors (Lipinski definition) is 3. The number of benzene rings is 2. The predicted octanol–water partition coefficient (Wildman–Crippen LogP) is 5.39. The first-order valence-electron chi connectivity index (χ1n) is 13.0. The molecule has 0 bridgehead atoms. The number of alkyl halides is 3. The lowest BCUT2D eigenvalue weighted by molar-refractivity contribution is -0.137. The Labute approximate surface area is 226 Å². The van der Waals surface area contributed by atoms with E-state index in [1.807, 2.05) is 37.3 Å². The highest BCUT2D eigenvalue weighted by Crippen LogP contribution is 2.36. The highest BCUT2D eigenvalue weighted by Gasteiger charge is 2.39. The van der Waals surface area contributed by atoms with Crippen LogP contribution in [-0.2, 0) is 11.0 Å². The van der Waals surface area contributed by atoms with Crippen molar-refractivity contribution >= 4 is 5.97 Å². The lowest BCUT2D eigenvalue weighted by atomic mass is 9.89. The molecule has 0 radical (unpaired) electrons. The van der Waals surface area contributed by atoms with E-state index in [9.17, 15) is 33.3 Å². The fourth-order valence-corrected chi connectivity index (χ4v) is 4.54. The molecule has 2 aromatic rings. The number of esters is 1. The van der Waals surface area contributed by atoms with Gasteiger partial charge in [-0.2, -0.15) is 13.2 Å². The van der Waals surface area contributed by atoms with Gasteiger partial charge in [-0.3, -0.25) is 4.79 Å². The summed E-state index contributed by atoms with van der Waals surface area (Å²) < 4.78 is 49.2. The minimum absolute atomic E-state index is 0.0138. The normalized spacial score (nSPS) is 22.4. The van der Waals surface area contributed by atoms with Crippen LogP contribution in [0.25, 0.3) is 0 Å². The number of rotatable bonds is 12. The molecule has 3 rings (SSSR count). The van der Waals surface area contributed by atoms with Gasteiger partial charge in [-0.05, 0) is 61.9 Å². The second kappa shape index (κ2) is 14.3. The molecule has 0 unspecified atom stereocenters. The molecule has 1 fully saturated rings. The Hall–Kier alpha value is -3.14. The van der Waals surface area contributed by atoms with Crippen LogP contribution < -0.4 is 9.47 Å². The van der Waals surface area contributed by atoms with Crippen LogP contribution in [0.1, 0.15) is 43.2 Å². The molecule has 0 aromatic heterocycles. The Kier molecular flexibility index (Phi) is 11.2. The van der Waals surface area contributed by atoms with Crippen molar-refractivity contribution in [3.8, 4) is 11.5 Å². The Morgan fingerprint density at radius 3 is 2.62 bits per heavy atom. The lowest BCUT2D eigenvalue weighted by Crippen LogP contribution is -2.21. The van der Waals surface area contributed by atoms with E-state index >= 15 is 0 Å². The standard InChI is InChI=1S/C30H35F3O6/c1-20-9-6-7-13-28(20)39-29(37)14-5-3-2-4-12-24-25(27(36)18-26(24)35)16-15-22(34)19-38-23-11-8-10-21(17-23)30(31,32)33/h2,4,6-11,13,15-17,22,24-27,34-36H,3,5,12,14,18-19H2,1H3/b4-2-,16-15+/t22-,24-,25-,26+,27-/m1/s1. The van der Waals surface area contributed by atoms with Crippen molar-refractivity contribution in [1.82, 2.24) is 0 Å². The number of carbonyl (C=O) groups excluding carboxylic acids is 1. The molecule has 39 heavy (non-hydrogen) atoms. The van der Waals surface area contributed by atoms with Gasteiger partial charge in [0, 0.05) is 18.8 Å². The van der Waals surface area contributed by atoms with Crippen LogP contribution in [0.3, 0.4) is 0 Å². The van der Waals surface area contributed by atoms with Gasteiger partial charge in [-0.15, -0.1) is 0 Å². The van der Waals surface area contributed by atoms with E-state index in [4.69, 9.17) is 9.47 Å². The second-order valence-electron chi connectivity index (χ2n) is 9.74. The Bertz CT molecular complexity index is 1130. The fraction of sp³-hybridized carbons (Fsp3) is 0.433. The third-order valence-electron chi connectivity index (χ3n) is 6.70. The summed E-state index contributed by atoms with van der Waals surface area (Å²) >= 11 is 0. The molecule has 6 nitrogen and oxygen atoms in total. The highest BCUT2D eigenvalue weighted by atomic mass is 19.4. The lowest BCUT2D eigenvalue weighted by Gasteiger charge is -2.19. The number of halogens is 3. The Balaban J connectivity index is 1.43. The third-order valence-corrected chi connectivity index (χ3v) is 6.70. The number of para-hydroxylation sites is 1. The first-order chi connectivity index (χ1) is 18.5. The van der Waals surface area contributed by atoms with Gasteiger partial charge < -0.3 is 24.8 Å². The summed E-state index contributed by atoms with van der Waals surface area (Å²) in [7, 11) is 0. The molecule has 1 aliphatic carbocycles. The maximum absolute atomic E-state index is 12.8. The SMILES string of the molecule is Cc1ccccc1OC(=O)CCC/C=C\C[C@@H]1[C@@H](/C=C/[C@@H](O)COc2cccc(C(F)(F)F)c2)[C@H](O)C[C@@H]1O. The van der Waals surface area contributed by atoms with Gasteiger partial charge in [0.15, 0.2) is 0 Å². The molecule has 3 N–H and O–H groups in total. The average molecular weight is 549 g/mol. The predicted molar refractivity (Wildman–Crippen MR) is 140 cm³/mol. The number of aliphatic hydroxyl groups excluding tert-OH is 3. The number of ether oxygens (including phenoxy) is 2. The van der Waals surface area contributed by atoms with Crippen LogP contribution in [0, 0.1) is 18.8 Å². The van der Waals surface area contributed by atoms with Crippen LogP contribution in [0.15, 0.2) is 72.8 Å². The maximum Gasteiger partial charge on any atom is 0.416 e. The molecule has 0 aliphatic heterocycles. The summed E-state index contributed by atoms with van der Waals surface area (Å²) in [5.74, 6) is -0.432. The molecule has 9 heteroatoms. The molecule has 1 aliphatic rings. The quantitative estimate of drug-likeness (QED) is 0.143. The molecule has 0 heterocycles. The minimum Gasteiger partial charge on any atom is -0.491 e. The van der Waals surface area contributed by atoms with Gasteiger partial charge in [-0.1, -0.05) is 48.6 Å². The summed E-state index contributed by atoms with van der Waals surface area (Å²) in [5, 5.41) is 31.0. The monoisotopic (exact) mass is 548 g/mol. The molecular formula is C30H35F3O6. The van der Waals surface area contributed by atoms with Crippen molar-refractivity contribution in [2.45, 2.75) is 63.5 Å². The summed E-state index contributed by atoms with van der Waals surface area (Å²) in [4.78, 5) is 12.0.